The van der Waals surface area contributed by atoms with Gasteiger partial charge in [0.2, 0.25) is 0 Å². The van der Waals surface area contributed by atoms with Crippen LogP contribution in [0.15, 0.2) is 36.4 Å². The topological polar surface area (TPSA) is 78.4 Å². The van der Waals surface area contributed by atoms with Crippen molar-refractivity contribution in [2.24, 2.45) is 0 Å². The van der Waals surface area contributed by atoms with Gasteiger partial charge in [0.15, 0.2) is 0 Å². The summed E-state index contributed by atoms with van der Waals surface area (Å²) in [4.78, 5) is 24.5. The Hall–Kier alpha value is -2.73. The Balaban J connectivity index is 1.81. The van der Waals surface area contributed by atoms with Crippen LogP contribution in [0.3, 0.4) is 0 Å². The lowest BCUT2D eigenvalue weighted by atomic mass is 9.96. The zero-order valence-corrected chi connectivity index (χ0v) is 16.3. The SMILES string of the molecule is Cc1c(F)cc(C(=O)NC2CC2)cc1-c1ccc(C(=O)NCC(C)(C)O)cc1. The van der Waals surface area contributed by atoms with Crippen LogP contribution in [0.25, 0.3) is 11.1 Å². The molecule has 148 valence electrons. The zero-order valence-electron chi connectivity index (χ0n) is 16.3. The summed E-state index contributed by atoms with van der Waals surface area (Å²) >= 11 is 0. The van der Waals surface area contributed by atoms with Crippen LogP contribution in [0, 0.1) is 12.7 Å². The van der Waals surface area contributed by atoms with Crippen molar-refractivity contribution in [3.63, 3.8) is 0 Å². The Labute approximate surface area is 164 Å². The van der Waals surface area contributed by atoms with E-state index < -0.39 is 11.4 Å². The fourth-order valence-corrected chi connectivity index (χ4v) is 2.81. The molecule has 0 heterocycles. The summed E-state index contributed by atoms with van der Waals surface area (Å²) < 4.78 is 14.4. The lowest BCUT2D eigenvalue weighted by Crippen LogP contribution is -2.38. The van der Waals surface area contributed by atoms with Gasteiger partial charge in [-0.1, -0.05) is 12.1 Å². The highest BCUT2D eigenvalue weighted by Crippen LogP contribution is 2.28. The number of benzene rings is 2. The van der Waals surface area contributed by atoms with Crippen molar-refractivity contribution in [3.05, 3.63) is 58.9 Å². The summed E-state index contributed by atoms with van der Waals surface area (Å²) in [6.45, 7) is 5.02. The van der Waals surface area contributed by atoms with Gasteiger partial charge in [0, 0.05) is 23.7 Å². The van der Waals surface area contributed by atoms with Crippen LogP contribution in [0.2, 0.25) is 0 Å². The van der Waals surface area contributed by atoms with Crippen LogP contribution >= 0.6 is 0 Å². The summed E-state index contributed by atoms with van der Waals surface area (Å²) in [7, 11) is 0. The van der Waals surface area contributed by atoms with Gasteiger partial charge in [-0.05, 0) is 74.6 Å². The van der Waals surface area contributed by atoms with Crippen LogP contribution in [0.1, 0.15) is 53.0 Å². The fraction of sp³-hybridized carbons (Fsp3) is 0.364. The van der Waals surface area contributed by atoms with Gasteiger partial charge in [-0.2, -0.15) is 0 Å². The third-order valence-electron chi connectivity index (χ3n) is 4.66. The molecule has 6 heteroatoms. The number of aliphatic hydroxyl groups is 1. The summed E-state index contributed by atoms with van der Waals surface area (Å²) in [5, 5.41) is 15.2. The van der Waals surface area contributed by atoms with Crippen molar-refractivity contribution in [3.8, 4) is 11.1 Å². The number of nitrogens with one attached hydrogen (secondary N) is 2. The number of amides is 2. The molecule has 0 atom stereocenters. The molecule has 3 N–H and O–H groups in total. The second-order valence-electron chi connectivity index (χ2n) is 7.95. The van der Waals surface area contributed by atoms with Crippen LogP contribution < -0.4 is 10.6 Å². The summed E-state index contributed by atoms with van der Waals surface area (Å²) in [6.07, 6.45) is 1.92. The fourth-order valence-electron chi connectivity index (χ4n) is 2.81. The third-order valence-corrected chi connectivity index (χ3v) is 4.66. The Morgan fingerprint density at radius 2 is 1.75 bits per heavy atom. The normalized spacial score (nSPS) is 13.9. The van der Waals surface area contributed by atoms with E-state index >= 15 is 0 Å². The molecule has 1 saturated carbocycles. The minimum absolute atomic E-state index is 0.135. The lowest BCUT2D eigenvalue weighted by Gasteiger charge is -2.17. The maximum absolute atomic E-state index is 14.4. The van der Waals surface area contributed by atoms with E-state index in [-0.39, 0.29) is 30.0 Å². The molecule has 1 fully saturated rings. The smallest absolute Gasteiger partial charge is 0.251 e. The van der Waals surface area contributed by atoms with Crippen molar-refractivity contribution in [1.29, 1.82) is 0 Å². The van der Waals surface area contributed by atoms with Crippen molar-refractivity contribution >= 4 is 11.8 Å². The number of halogens is 1. The van der Waals surface area contributed by atoms with E-state index in [2.05, 4.69) is 10.6 Å². The number of hydrogen-bond acceptors (Lipinski definition) is 3. The van der Waals surface area contributed by atoms with Gasteiger partial charge < -0.3 is 15.7 Å². The van der Waals surface area contributed by atoms with Gasteiger partial charge in [0.25, 0.3) is 11.8 Å². The first-order valence-corrected chi connectivity index (χ1v) is 9.36. The van der Waals surface area contributed by atoms with Crippen LogP contribution in [-0.2, 0) is 0 Å². The van der Waals surface area contributed by atoms with Gasteiger partial charge in [-0.15, -0.1) is 0 Å². The summed E-state index contributed by atoms with van der Waals surface area (Å²) in [5.41, 5.74) is 1.51. The first-order valence-electron chi connectivity index (χ1n) is 9.36. The van der Waals surface area contributed by atoms with E-state index in [1.807, 2.05) is 0 Å². The highest BCUT2D eigenvalue weighted by Gasteiger charge is 2.24. The molecule has 5 nitrogen and oxygen atoms in total. The van der Waals surface area contributed by atoms with Gasteiger partial charge >= 0.3 is 0 Å². The number of hydrogen-bond donors (Lipinski definition) is 3. The quantitative estimate of drug-likeness (QED) is 0.716. The van der Waals surface area contributed by atoms with E-state index in [9.17, 15) is 19.1 Å². The molecule has 0 aliphatic heterocycles. The molecule has 2 amide bonds. The molecule has 2 aromatic rings. The lowest BCUT2D eigenvalue weighted by molar-refractivity contribution is 0.0694. The first kappa shape index (κ1) is 20.0. The number of rotatable bonds is 6. The maximum atomic E-state index is 14.4. The minimum Gasteiger partial charge on any atom is -0.389 e. The largest absolute Gasteiger partial charge is 0.389 e. The molecule has 0 bridgehead atoms. The van der Waals surface area contributed by atoms with Crippen molar-refractivity contribution < 1.29 is 19.1 Å². The zero-order chi connectivity index (χ0) is 20.5. The second-order valence-corrected chi connectivity index (χ2v) is 7.95. The first-order chi connectivity index (χ1) is 13.1. The maximum Gasteiger partial charge on any atom is 0.251 e. The number of carbonyl (C=O) groups excluding carboxylic acids is 2. The highest BCUT2D eigenvalue weighted by atomic mass is 19.1. The van der Waals surface area contributed by atoms with E-state index in [0.29, 0.717) is 16.7 Å². The number of carbonyl (C=O) groups is 2. The van der Waals surface area contributed by atoms with Gasteiger partial charge in [-0.3, -0.25) is 9.59 Å². The molecular formula is C22H25FN2O3. The van der Waals surface area contributed by atoms with Crippen molar-refractivity contribution in [2.45, 2.75) is 45.3 Å². The monoisotopic (exact) mass is 384 g/mol. The van der Waals surface area contributed by atoms with Crippen LogP contribution in [0.5, 0.6) is 0 Å². The Kier molecular flexibility index (Phi) is 5.52. The molecule has 0 spiro atoms. The van der Waals surface area contributed by atoms with Crippen LogP contribution in [-0.4, -0.2) is 35.1 Å². The predicted molar refractivity (Wildman–Crippen MR) is 106 cm³/mol. The second kappa shape index (κ2) is 7.72. The van der Waals surface area contributed by atoms with E-state index in [1.165, 1.54) is 6.07 Å². The average molecular weight is 384 g/mol. The summed E-state index contributed by atoms with van der Waals surface area (Å²) in [6, 6.07) is 9.87. The van der Waals surface area contributed by atoms with Gasteiger partial charge in [-0.25, -0.2) is 4.39 Å². The molecule has 0 aromatic heterocycles. The Morgan fingerprint density at radius 1 is 1.11 bits per heavy atom. The third kappa shape index (κ3) is 4.95. The molecule has 0 saturated heterocycles. The Morgan fingerprint density at radius 3 is 2.32 bits per heavy atom. The molecule has 0 radical (unpaired) electrons. The Bertz CT molecular complexity index is 897. The average Bonchev–Trinajstić information content (AvgIpc) is 3.45. The van der Waals surface area contributed by atoms with Crippen molar-refractivity contribution in [1.82, 2.24) is 10.6 Å². The van der Waals surface area contributed by atoms with E-state index in [0.717, 1.165) is 18.4 Å². The molecule has 2 aromatic carbocycles. The molecule has 28 heavy (non-hydrogen) atoms. The van der Waals surface area contributed by atoms with E-state index in [1.54, 1.807) is 51.1 Å². The van der Waals surface area contributed by atoms with Gasteiger partial charge in [0.05, 0.1) is 5.60 Å². The molecule has 3 rings (SSSR count). The van der Waals surface area contributed by atoms with Crippen LogP contribution in [0.4, 0.5) is 4.39 Å². The molecule has 0 unspecified atom stereocenters. The van der Waals surface area contributed by atoms with E-state index in [4.69, 9.17) is 0 Å². The van der Waals surface area contributed by atoms with Gasteiger partial charge in [0.1, 0.15) is 5.82 Å². The molecule has 1 aliphatic rings. The minimum atomic E-state index is -0.994. The van der Waals surface area contributed by atoms with Crippen molar-refractivity contribution in [2.75, 3.05) is 6.54 Å². The standard InChI is InChI=1S/C22H25FN2O3/c1-13-18(10-16(11-19(13)23)21(27)25-17-8-9-17)14-4-6-15(7-5-14)20(26)24-12-22(2,3)28/h4-7,10-11,17,28H,8-9,12H2,1-3H3,(H,24,26)(H,25,27). The predicted octanol–water partition coefficient (Wildman–Crippen LogP) is 3.19. The highest BCUT2D eigenvalue weighted by molar-refractivity contribution is 5.97. The summed E-state index contributed by atoms with van der Waals surface area (Å²) in [5.74, 6) is -1.01. The molecule has 1 aliphatic carbocycles. The molecular weight excluding hydrogens is 359 g/mol.